The third kappa shape index (κ3) is 7.30. The van der Waals surface area contributed by atoms with E-state index in [9.17, 15) is 13.2 Å². The lowest BCUT2D eigenvalue weighted by molar-refractivity contribution is -0.125. The smallest absolute Gasteiger partial charge is 0.246 e. The number of hydrogen-bond donors (Lipinski definition) is 2. The predicted molar refractivity (Wildman–Crippen MR) is 64.0 cm³/mol. The molecule has 0 heterocycles. The highest BCUT2D eigenvalue weighted by Gasteiger charge is 2.21. The molecular weight excluding hydrogens is 244 g/mol. The highest BCUT2D eigenvalue weighted by Crippen LogP contribution is 2.28. The minimum atomic E-state index is -3.17. The quantitative estimate of drug-likeness (QED) is 0.548. The molecule has 0 unspecified atom stereocenters. The van der Waals surface area contributed by atoms with Crippen LogP contribution in [0.2, 0.25) is 0 Å². The Hall–Kier alpha value is -0.660. The lowest BCUT2D eigenvalue weighted by Crippen LogP contribution is -2.36. The van der Waals surface area contributed by atoms with Crippen molar-refractivity contribution in [2.45, 2.75) is 19.8 Å². The van der Waals surface area contributed by atoms with E-state index in [0.717, 1.165) is 0 Å². The Kier molecular flexibility index (Phi) is 5.87. The third-order valence-corrected chi connectivity index (χ3v) is 3.84. The van der Waals surface area contributed by atoms with E-state index in [2.05, 4.69) is 10.0 Å². The summed E-state index contributed by atoms with van der Waals surface area (Å²) < 4.78 is 29.7. The maximum absolute atomic E-state index is 11.2. The first-order chi connectivity index (χ1) is 8.03. The molecule has 0 bridgehead atoms. The monoisotopic (exact) mass is 264 g/mol. The minimum absolute atomic E-state index is 0.0471. The number of sulfonamides is 1. The molecule has 0 saturated heterocycles. The molecular formula is C10H20N2O4S. The molecule has 0 aliphatic heterocycles. The Bertz CT molecular complexity index is 338. The molecule has 1 amide bonds. The lowest BCUT2D eigenvalue weighted by atomic mass is 10.5. The van der Waals surface area contributed by atoms with Crippen LogP contribution < -0.4 is 10.0 Å². The van der Waals surface area contributed by atoms with Crippen molar-refractivity contribution < 1.29 is 17.9 Å². The molecule has 1 rings (SSSR count). The molecule has 0 spiro atoms. The van der Waals surface area contributed by atoms with Crippen LogP contribution in [0.3, 0.4) is 0 Å². The van der Waals surface area contributed by atoms with Gasteiger partial charge in [-0.25, -0.2) is 13.1 Å². The fraction of sp³-hybridized carbons (Fsp3) is 0.900. The standard InChI is InChI=1S/C10H20N2O4S/c1-2-17(14,15)12-6-5-11-10(13)8-16-7-9-3-4-9/h9,12H,2-8H2,1H3,(H,11,13). The zero-order valence-electron chi connectivity index (χ0n) is 10.1. The molecule has 1 fully saturated rings. The number of carbonyl (C=O) groups excluding carboxylic acids is 1. The van der Waals surface area contributed by atoms with Gasteiger partial charge in [-0.3, -0.25) is 4.79 Å². The molecule has 1 saturated carbocycles. The largest absolute Gasteiger partial charge is 0.371 e. The average molecular weight is 264 g/mol. The van der Waals surface area contributed by atoms with Crippen LogP contribution in [0.1, 0.15) is 19.8 Å². The van der Waals surface area contributed by atoms with Crippen LogP contribution in [0.15, 0.2) is 0 Å². The van der Waals surface area contributed by atoms with E-state index in [-0.39, 0.29) is 31.4 Å². The Balaban J connectivity index is 1.95. The van der Waals surface area contributed by atoms with Gasteiger partial charge in [0, 0.05) is 13.1 Å². The molecule has 0 aromatic rings. The second-order valence-corrected chi connectivity index (χ2v) is 6.20. The van der Waals surface area contributed by atoms with Crippen molar-refractivity contribution >= 4 is 15.9 Å². The highest BCUT2D eigenvalue weighted by atomic mass is 32.2. The van der Waals surface area contributed by atoms with E-state index in [0.29, 0.717) is 12.5 Å². The molecule has 100 valence electrons. The van der Waals surface area contributed by atoms with Crippen LogP contribution in [-0.2, 0) is 19.6 Å². The van der Waals surface area contributed by atoms with Crippen molar-refractivity contribution in [3.63, 3.8) is 0 Å². The fourth-order valence-electron chi connectivity index (χ4n) is 1.16. The Labute approximate surface area is 102 Å². The van der Waals surface area contributed by atoms with E-state index in [4.69, 9.17) is 4.74 Å². The zero-order chi connectivity index (χ0) is 12.7. The normalized spacial score (nSPS) is 15.8. The second-order valence-electron chi connectivity index (χ2n) is 4.11. The summed E-state index contributed by atoms with van der Waals surface area (Å²) in [4.78, 5) is 11.2. The van der Waals surface area contributed by atoms with Crippen molar-refractivity contribution in [2.75, 3.05) is 32.1 Å². The van der Waals surface area contributed by atoms with Crippen molar-refractivity contribution in [1.82, 2.24) is 10.0 Å². The van der Waals surface area contributed by atoms with Gasteiger partial charge in [0.1, 0.15) is 6.61 Å². The topological polar surface area (TPSA) is 84.5 Å². The number of amides is 1. The van der Waals surface area contributed by atoms with Gasteiger partial charge in [-0.2, -0.15) is 0 Å². The second kappa shape index (κ2) is 6.93. The fourth-order valence-corrected chi connectivity index (χ4v) is 1.78. The molecule has 2 N–H and O–H groups in total. The summed E-state index contributed by atoms with van der Waals surface area (Å²) in [5.41, 5.74) is 0. The maximum Gasteiger partial charge on any atom is 0.246 e. The first-order valence-electron chi connectivity index (χ1n) is 5.85. The van der Waals surface area contributed by atoms with E-state index in [1.807, 2.05) is 0 Å². The Morgan fingerprint density at radius 1 is 1.35 bits per heavy atom. The summed E-state index contributed by atoms with van der Waals surface area (Å²) in [5, 5.41) is 2.58. The molecule has 7 heteroatoms. The molecule has 1 aliphatic rings. The van der Waals surface area contributed by atoms with Gasteiger partial charge in [-0.05, 0) is 25.7 Å². The van der Waals surface area contributed by atoms with Crippen LogP contribution >= 0.6 is 0 Å². The van der Waals surface area contributed by atoms with E-state index >= 15 is 0 Å². The molecule has 1 aliphatic carbocycles. The van der Waals surface area contributed by atoms with Gasteiger partial charge in [-0.1, -0.05) is 0 Å². The van der Waals surface area contributed by atoms with Gasteiger partial charge in [0.2, 0.25) is 15.9 Å². The average Bonchev–Trinajstić information content (AvgIpc) is 3.08. The van der Waals surface area contributed by atoms with Crippen LogP contribution in [0.25, 0.3) is 0 Å². The molecule has 0 aromatic carbocycles. The summed E-state index contributed by atoms with van der Waals surface area (Å²) in [6, 6.07) is 0. The van der Waals surface area contributed by atoms with E-state index in [1.165, 1.54) is 12.8 Å². The lowest BCUT2D eigenvalue weighted by Gasteiger charge is -2.07. The SMILES string of the molecule is CCS(=O)(=O)NCCNC(=O)COCC1CC1. The number of carbonyl (C=O) groups is 1. The van der Waals surface area contributed by atoms with Crippen LogP contribution in [0.4, 0.5) is 0 Å². The van der Waals surface area contributed by atoms with Crippen LogP contribution in [0, 0.1) is 5.92 Å². The molecule has 6 nitrogen and oxygen atoms in total. The number of nitrogens with one attached hydrogen (secondary N) is 2. The first kappa shape index (κ1) is 14.4. The summed E-state index contributed by atoms with van der Waals surface area (Å²) in [6.45, 7) is 2.76. The van der Waals surface area contributed by atoms with E-state index < -0.39 is 10.0 Å². The summed E-state index contributed by atoms with van der Waals surface area (Å²) >= 11 is 0. The Morgan fingerprint density at radius 3 is 2.65 bits per heavy atom. The molecule has 0 atom stereocenters. The van der Waals surface area contributed by atoms with Crippen molar-refractivity contribution in [3.8, 4) is 0 Å². The van der Waals surface area contributed by atoms with Crippen LogP contribution in [0.5, 0.6) is 0 Å². The molecule has 0 aromatic heterocycles. The van der Waals surface area contributed by atoms with E-state index in [1.54, 1.807) is 6.92 Å². The van der Waals surface area contributed by atoms with Crippen molar-refractivity contribution in [2.24, 2.45) is 5.92 Å². The van der Waals surface area contributed by atoms with Crippen LogP contribution in [-0.4, -0.2) is 46.4 Å². The minimum Gasteiger partial charge on any atom is -0.371 e. The third-order valence-electron chi connectivity index (χ3n) is 2.43. The predicted octanol–water partition coefficient (Wildman–Crippen LogP) is -0.531. The molecule has 0 radical (unpaired) electrons. The van der Waals surface area contributed by atoms with Gasteiger partial charge < -0.3 is 10.1 Å². The summed E-state index contributed by atoms with van der Waals surface area (Å²) in [5.74, 6) is 0.478. The van der Waals surface area contributed by atoms with Gasteiger partial charge in [0.15, 0.2) is 0 Å². The van der Waals surface area contributed by atoms with Gasteiger partial charge in [0.05, 0.1) is 12.4 Å². The Morgan fingerprint density at radius 2 is 2.06 bits per heavy atom. The summed E-state index contributed by atoms with van der Waals surface area (Å²) in [7, 11) is -3.17. The maximum atomic E-state index is 11.2. The van der Waals surface area contributed by atoms with Gasteiger partial charge >= 0.3 is 0 Å². The highest BCUT2D eigenvalue weighted by molar-refractivity contribution is 7.89. The number of ether oxygens (including phenoxy) is 1. The van der Waals surface area contributed by atoms with Gasteiger partial charge in [-0.15, -0.1) is 0 Å². The summed E-state index contributed by atoms with van der Waals surface area (Å²) in [6.07, 6.45) is 2.39. The van der Waals surface area contributed by atoms with Crippen molar-refractivity contribution in [3.05, 3.63) is 0 Å². The zero-order valence-corrected chi connectivity index (χ0v) is 10.9. The van der Waals surface area contributed by atoms with Gasteiger partial charge in [0.25, 0.3) is 0 Å². The first-order valence-corrected chi connectivity index (χ1v) is 7.50. The molecule has 17 heavy (non-hydrogen) atoms. The number of hydrogen-bond acceptors (Lipinski definition) is 4. The number of rotatable bonds is 9. The van der Waals surface area contributed by atoms with Crippen molar-refractivity contribution in [1.29, 1.82) is 0 Å².